The molecule has 0 fully saturated rings. The molecule has 0 saturated carbocycles. The Morgan fingerprint density at radius 3 is 2.29 bits per heavy atom. The molecule has 0 aromatic heterocycles. The first kappa shape index (κ1) is 26.6. The number of hydrogen-bond donors (Lipinski definition) is 1. The molecule has 1 unspecified atom stereocenters. The zero-order valence-electron chi connectivity index (χ0n) is 20.1. The van der Waals surface area contributed by atoms with Crippen molar-refractivity contribution >= 4 is 29.5 Å². The highest BCUT2D eigenvalue weighted by Crippen LogP contribution is 2.28. The maximum Gasteiger partial charge on any atom is 0.410 e. The number of halogens is 1. The van der Waals surface area contributed by atoms with Gasteiger partial charge in [-0.3, -0.25) is 0 Å². The molecule has 1 atom stereocenters. The summed E-state index contributed by atoms with van der Waals surface area (Å²) in [6.45, 7) is 5.96. The van der Waals surface area contributed by atoms with Crippen molar-refractivity contribution in [2.45, 2.75) is 48.7 Å². The number of carbonyl (C=O) groups excluding carboxylic acids is 1. The van der Waals surface area contributed by atoms with Crippen LogP contribution >= 0.6 is 23.4 Å². The smallest absolute Gasteiger partial charge is 0.410 e. The normalized spacial score (nSPS) is 12.0. The molecule has 0 spiro atoms. The summed E-state index contributed by atoms with van der Waals surface area (Å²) in [4.78, 5) is 16.5. The summed E-state index contributed by atoms with van der Waals surface area (Å²) < 4.78 is 5.58. The number of amides is 1. The first-order valence-corrected chi connectivity index (χ1v) is 12.5. The third kappa shape index (κ3) is 8.63. The van der Waals surface area contributed by atoms with Crippen molar-refractivity contribution in [1.82, 2.24) is 4.90 Å². The molecule has 1 amide bonds. The quantitative estimate of drug-likeness (QED) is 0.359. The molecule has 0 aliphatic rings. The fourth-order valence-electron chi connectivity index (χ4n) is 3.33. The van der Waals surface area contributed by atoms with Crippen molar-refractivity contribution in [2.75, 3.05) is 13.1 Å². The third-order valence-electron chi connectivity index (χ3n) is 5.09. The van der Waals surface area contributed by atoms with Gasteiger partial charge in [-0.1, -0.05) is 47.6 Å². The molecule has 0 saturated heterocycles. The monoisotopic (exact) mass is 508 g/mol. The van der Waals surface area contributed by atoms with Crippen LogP contribution in [0.15, 0.2) is 82.6 Å². The van der Waals surface area contributed by atoms with Gasteiger partial charge in [0.05, 0.1) is 24.3 Å². The van der Waals surface area contributed by atoms with Crippen molar-refractivity contribution in [3.63, 3.8) is 0 Å². The van der Waals surface area contributed by atoms with E-state index in [9.17, 15) is 9.90 Å². The van der Waals surface area contributed by atoms with Gasteiger partial charge in [0.1, 0.15) is 5.60 Å². The Kier molecular flexibility index (Phi) is 9.22. The van der Waals surface area contributed by atoms with Crippen LogP contribution in [0.1, 0.15) is 43.6 Å². The molecule has 5 nitrogen and oxygen atoms in total. The van der Waals surface area contributed by atoms with Crippen molar-refractivity contribution < 1.29 is 14.6 Å². The Hall–Kier alpha value is -2.98. The highest BCUT2D eigenvalue weighted by molar-refractivity contribution is 7.99. The van der Waals surface area contributed by atoms with Crippen LogP contribution < -0.4 is 0 Å². The largest absolute Gasteiger partial charge is 0.444 e. The first-order chi connectivity index (χ1) is 16.6. The van der Waals surface area contributed by atoms with E-state index in [0.29, 0.717) is 29.1 Å². The van der Waals surface area contributed by atoms with Crippen LogP contribution in [0.5, 0.6) is 0 Å². The van der Waals surface area contributed by atoms with Crippen LogP contribution in [-0.2, 0) is 11.2 Å². The average Bonchev–Trinajstić information content (AvgIpc) is 2.82. The van der Waals surface area contributed by atoms with Gasteiger partial charge in [0.2, 0.25) is 0 Å². The zero-order valence-corrected chi connectivity index (χ0v) is 21.6. The van der Waals surface area contributed by atoms with E-state index in [2.05, 4.69) is 6.07 Å². The standard InChI is InChI=1S/C28H29ClN2O3S/c1-28(2,3)34-27(33)31(19-26(32)22-5-4-6-23(29)17-22)16-15-20-7-11-24(12-8-20)35-25-13-9-21(18-30)10-14-25/h4-14,17,26,32H,15-16,19H2,1-3H3. The molecular weight excluding hydrogens is 480 g/mol. The Morgan fingerprint density at radius 2 is 1.71 bits per heavy atom. The van der Waals surface area contributed by atoms with E-state index in [4.69, 9.17) is 21.6 Å². The van der Waals surface area contributed by atoms with Gasteiger partial charge in [0.25, 0.3) is 0 Å². The van der Waals surface area contributed by atoms with E-state index < -0.39 is 17.8 Å². The number of nitriles is 1. The molecule has 0 aliphatic heterocycles. The first-order valence-electron chi connectivity index (χ1n) is 11.3. The lowest BCUT2D eigenvalue weighted by Crippen LogP contribution is -2.40. The van der Waals surface area contributed by atoms with E-state index in [1.807, 2.05) is 57.2 Å². The molecule has 35 heavy (non-hydrogen) atoms. The van der Waals surface area contributed by atoms with E-state index in [-0.39, 0.29) is 6.54 Å². The minimum Gasteiger partial charge on any atom is -0.444 e. The highest BCUT2D eigenvalue weighted by Gasteiger charge is 2.24. The van der Waals surface area contributed by atoms with Crippen LogP contribution in [0.25, 0.3) is 0 Å². The number of rotatable bonds is 8. The minimum atomic E-state index is -0.882. The second-order valence-corrected chi connectivity index (χ2v) is 10.7. The molecule has 0 radical (unpaired) electrons. The predicted octanol–water partition coefficient (Wildman–Crippen LogP) is 6.88. The maximum absolute atomic E-state index is 12.9. The van der Waals surface area contributed by atoms with Gasteiger partial charge in [-0.2, -0.15) is 5.26 Å². The number of ether oxygens (including phenoxy) is 1. The molecule has 0 heterocycles. The lowest BCUT2D eigenvalue weighted by molar-refractivity contribution is 0.0147. The number of nitrogens with zero attached hydrogens (tertiary/aromatic N) is 2. The van der Waals surface area contributed by atoms with Crippen LogP contribution in [0.2, 0.25) is 5.02 Å². The molecule has 3 aromatic carbocycles. The summed E-state index contributed by atoms with van der Waals surface area (Å²) in [5, 5.41) is 20.2. The number of benzene rings is 3. The lowest BCUT2D eigenvalue weighted by atomic mass is 10.1. The number of aliphatic hydroxyl groups excluding tert-OH is 1. The molecule has 182 valence electrons. The van der Waals surface area contributed by atoms with Gasteiger partial charge < -0.3 is 14.7 Å². The van der Waals surface area contributed by atoms with Gasteiger partial charge in [-0.25, -0.2) is 4.79 Å². The van der Waals surface area contributed by atoms with Crippen LogP contribution in [-0.4, -0.2) is 34.8 Å². The fourth-order valence-corrected chi connectivity index (χ4v) is 4.35. The summed E-state index contributed by atoms with van der Waals surface area (Å²) in [6.07, 6.45) is -0.734. The highest BCUT2D eigenvalue weighted by atomic mass is 35.5. The molecule has 0 bridgehead atoms. The van der Waals surface area contributed by atoms with Crippen LogP contribution in [0.3, 0.4) is 0 Å². The lowest BCUT2D eigenvalue weighted by Gasteiger charge is -2.29. The van der Waals surface area contributed by atoms with Crippen molar-refractivity contribution in [1.29, 1.82) is 5.26 Å². The van der Waals surface area contributed by atoms with Crippen LogP contribution in [0.4, 0.5) is 4.79 Å². The second-order valence-electron chi connectivity index (χ2n) is 9.13. The number of hydrogen-bond acceptors (Lipinski definition) is 5. The van der Waals surface area contributed by atoms with Gasteiger partial charge in [-0.15, -0.1) is 0 Å². The molecule has 1 N–H and O–H groups in total. The van der Waals surface area contributed by atoms with Crippen molar-refractivity contribution in [2.24, 2.45) is 0 Å². The minimum absolute atomic E-state index is 0.0991. The molecule has 3 rings (SSSR count). The van der Waals surface area contributed by atoms with Gasteiger partial charge in [0.15, 0.2) is 0 Å². The molecule has 0 aliphatic carbocycles. The Balaban J connectivity index is 1.65. The van der Waals surface area contributed by atoms with E-state index in [1.54, 1.807) is 48.2 Å². The molecule has 3 aromatic rings. The van der Waals surface area contributed by atoms with Gasteiger partial charge in [0, 0.05) is 21.4 Å². The molecule has 7 heteroatoms. The Bertz CT molecular complexity index is 1170. The van der Waals surface area contributed by atoms with E-state index in [1.165, 1.54) is 4.90 Å². The van der Waals surface area contributed by atoms with Gasteiger partial charge >= 0.3 is 6.09 Å². The topological polar surface area (TPSA) is 73.6 Å². The number of aliphatic hydroxyl groups is 1. The fraction of sp³-hybridized carbons (Fsp3) is 0.286. The summed E-state index contributed by atoms with van der Waals surface area (Å²) in [5.41, 5.74) is 1.72. The molecular formula is C28H29ClN2O3S. The number of carbonyl (C=O) groups is 1. The van der Waals surface area contributed by atoms with Crippen molar-refractivity contribution in [3.8, 4) is 6.07 Å². The Morgan fingerprint density at radius 1 is 1.09 bits per heavy atom. The maximum atomic E-state index is 12.9. The van der Waals surface area contributed by atoms with E-state index >= 15 is 0 Å². The zero-order chi connectivity index (χ0) is 25.4. The van der Waals surface area contributed by atoms with Crippen LogP contribution in [0, 0.1) is 11.3 Å². The summed E-state index contributed by atoms with van der Waals surface area (Å²) in [7, 11) is 0. The van der Waals surface area contributed by atoms with E-state index in [0.717, 1.165) is 15.4 Å². The SMILES string of the molecule is CC(C)(C)OC(=O)N(CCc1ccc(Sc2ccc(C#N)cc2)cc1)CC(O)c1cccc(Cl)c1. The van der Waals surface area contributed by atoms with Crippen molar-refractivity contribution in [3.05, 3.63) is 94.5 Å². The predicted molar refractivity (Wildman–Crippen MR) is 140 cm³/mol. The summed E-state index contributed by atoms with van der Waals surface area (Å²) >= 11 is 7.68. The Labute approximate surface area is 216 Å². The van der Waals surface area contributed by atoms with Gasteiger partial charge in [-0.05, 0) is 86.8 Å². The summed E-state index contributed by atoms with van der Waals surface area (Å²) in [5.74, 6) is 0. The third-order valence-corrected chi connectivity index (χ3v) is 6.34. The second kappa shape index (κ2) is 12.1. The summed E-state index contributed by atoms with van der Waals surface area (Å²) in [6, 6.07) is 24.7. The average molecular weight is 509 g/mol.